The van der Waals surface area contributed by atoms with Crippen molar-refractivity contribution in [1.29, 1.82) is 0 Å². The summed E-state index contributed by atoms with van der Waals surface area (Å²) in [6.07, 6.45) is 1.58. The van der Waals surface area contributed by atoms with E-state index in [1.807, 2.05) is 6.07 Å². The first-order valence-corrected chi connectivity index (χ1v) is 7.83. The van der Waals surface area contributed by atoms with E-state index in [1.165, 1.54) is 37.1 Å². The van der Waals surface area contributed by atoms with Gasteiger partial charge in [-0.25, -0.2) is 0 Å². The number of anilines is 1. The van der Waals surface area contributed by atoms with Crippen LogP contribution in [0.2, 0.25) is 0 Å². The molecule has 0 bridgehead atoms. The van der Waals surface area contributed by atoms with E-state index in [4.69, 9.17) is 9.15 Å². The molecular weight excluding hydrogens is 320 g/mol. The smallest absolute Gasteiger partial charge is 0.271 e. The van der Waals surface area contributed by atoms with Crippen LogP contribution in [0.4, 0.5) is 11.4 Å². The summed E-state index contributed by atoms with van der Waals surface area (Å²) < 4.78 is 10.3. The number of thioether (sulfide) groups is 1. The van der Waals surface area contributed by atoms with Crippen molar-refractivity contribution in [3.05, 3.63) is 52.5 Å². The first-order chi connectivity index (χ1) is 11.0. The number of non-ortho nitro benzene ring substituents is 1. The number of hydrogen-bond donors (Lipinski definition) is 1. The minimum absolute atomic E-state index is 0.114. The molecule has 1 heterocycles. The number of amides is 1. The molecule has 23 heavy (non-hydrogen) atoms. The van der Waals surface area contributed by atoms with Crippen LogP contribution in [-0.4, -0.2) is 23.2 Å². The van der Waals surface area contributed by atoms with Gasteiger partial charge in [0.2, 0.25) is 5.91 Å². The molecule has 122 valence electrons. The molecule has 0 aliphatic heterocycles. The lowest BCUT2D eigenvalue weighted by atomic mass is 10.2. The van der Waals surface area contributed by atoms with Gasteiger partial charge in [0.15, 0.2) is 0 Å². The van der Waals surface area contributed by atoms with Crippen LogP contribution in [0, 0.1) is 10.1 Å². The Morgan fingerprint density at radius 1 is 1.48 bits per heavy atom. The summed E-state index contributed by atoms with van der Waals surface area (Å²) >= 11 is 1.40. The largest absolute Gasteiger partial charge is 0.495 e. The fraction of sp³-hybridized carbons (Fsp3) is 0.267. The van der Waals surface area contributed by atoms with Crippen molar-refractivity contribution in [2.75, 3.05) is 12.4 Å². The number of ether oxygens (including phenoxy) is 1. The van der Waals surface area contributed by atoms with E-state index < -0.39 is 4.92 Å². The third kappa shape index (κ3) is 4.49. The highest BCUT2D eigenvalue weighted by molar-refractivity contribution is 7.99. The van der Waals surface area contributed by atoms with E-state index in [9.17, 15) is 14.9 Å². The Balaban J connectivity index is 2.03. The second kappa shape index (κ2) is 7.68. The van der Waals surface area contributed by atoms with Gasteiger partial charge in [-0.15, -0.1) is 11.8 Å². The van der Waals surface area contributed by atoms with Gasteiger partial charge in [0.05, 0.1) is 35.0 Å². The molecule has 1 N–H and O–H groups in total. The van der Waals surface area contributed by atoms with Gasteiger partial charge in [0.25, 0.3) is 5.69 Å². The van der Waals surface area contributed by atoms with Gasteiger partial charge in [0.1, 0.15) is 11.5 Å². The summed E-state index contributed by atoms with van der Waals surface area (Å²) in [7, 11) is 1.44. The molecule has 1 amide bonds. The Kier molecular flexibility index (Phi) is 5.64. The van der Waals surface area contributed by atoms with Crippen LogP contribution in [0.15, 0.2) is 41.0 Å². The Morgan fingerprint density at radius 2 is 2.26 bits per heavy atom. The SMILES string of the molecule is COc1ccc([N+](=O)[O-])cc1NC(=O)[C@H](C)SCc1ccco1. The number of nitrogens with one attached hydrogen (secondary N) is 1. The maximum absolute atomic E-state index is 12.2. The van der Waals surface area contributed by atoms with E-state index in [0.717, 1.165) is 5.76 Å². The molecule has 0 radical (unpaired) electrons. The van der Waals surface area contributed by atoms with Gasteiger partial charge < -0.3 is 14.5 Å². The fourth-order valence-corrected chi connectivity index (χ4v) is 2.61. The summed E-state index contributed by atoms with van der Waals surface area (Å²) in [5.74, 6) is 1.45. The molecule has 8 heteroatoms. The van der Waals surface area contributed by atoms with Crippen LogP contribution >= 0.6 is 11.8 Å². The quantitative estimate of drug-likeness (QED) is 0.614. The third-order valence-electron chi connectivity index (χ3n) is 3.08. The molecule has 1 aromatic heterocycles. The molecule has 0 saturated carbocycles. The van der Waals surface area contributed by atoms with Gasteiger partial charge >= 0.3 is 0 Å². The molecule has 0 aliphatic rings. The van der Waals surface area contributed by atoms with Gasteiger partial charge in [0, 0.05) is 12.1 Å². The molecule has 0 saturated heterocycles. The van der Waals surface area contributed by atoms with Crippen molar-refractivity contribution in [2.24, 2.45) is 0 Å². The monoisotopic (exact) mass is 336 g/mol. The van der Waals surface area contributed by atoms with Crippen LogP contribution < -0.4 is 10.1 Å². The number of carbonyl (C=O) groups is 1. The van der Waals surface area contributed by atoms with Crippen molar-refractivity contribution in [3.63, 3.8) is 0 Å². The van der Waals surface area contributed by atoms with E-state index in [-0.39, 0.29) is 22.5 Å². The Morgan fingerprint density at radius 3 is 2.87 bits per heavy atom. The average Bonchev–Trinajstić information content (AvgIpc) is 3.05. The summed E-state index contributed by atoms with van der Waals surface area (Å²) in [5, 5.41) is 13.2. The molecule has 1 atom stereocenters. The number of furan rings is 1. The normalized spacial score (nSPS) is 11.7. The number of benzene rings is 1. The Bertz CT molecular complexity index is 687. The Hall–Kier alpha value is -2.48. The second-order valence-corrected chi connectivity index (χ2v) is 5.99. The minimum Gasteiger partial charge on any atom is -0.495 e. The second-order valence-electron chi connectivity index (χ2n) is 4.66. The predicted octanol–water partition coefficient (Wildman–Crippen LogP) is 3.46. The number of nitro benzene ring substituents is 1. The van der Waals surface area contributed by atoms with Gasteiger partial charge in [-0.2, -0.15) is 0 Å². The van der Waals surface area contributed by atoms with Crippen LogP contribution in [0.1, 0.15) is 12.7 Å². The molecular formula is C15H16N2O5S. The van der Waals surface area contributed by atoms with E-state index in [2.05, 4.69) is 5.32 Å². The van der Waals surface area contributed by atoms with Gasteiger partial charge in [-0.3, -0.25) is 14.9 Å². The zero-order valence-electron chi connectivity index (χ0n) is 12.6. The highest BCUT2D eigenvalue weighted by atomic mass is 32.2. The van der Waals surface area contributed by atoms with Crippen LogP contribution in [0.25, 0.3) is 0 Å². The van der Waals surface area contributed by atoms with Crippen LogP contribution in [-0.2, 0) is 10.5 Å². The predicted molar refractivity (Wildman–Crippen MR) is 87.7 cm³/mol. The van der Waals surface area contributed by atoms with Crippen molar-refractivity contribution >= 4 is 29.0 Å². The number of hydrogen-bond acceptors (Lipinski definition) is 6. The maximum atomic E-state index is 12.2. The number of methoxy groups -OCH3 is 1. The summed E-state index contributed by atoms with van der Waals surface area (Å²) in [6, 6.07) is 7.68. The average molecular weight is 336 g/mol. The topological polar surface area (TPSA) is 94.6 Å². The van der Waals surface area contributed by atoms with Gasteiger partial charge in [-0.05, 0) is 25.1 Å². The molecule has 1 aromatic carbocycles. The molecule has 0 spiro atoms. The van der Waals surface area contributed by atoms with Crippen molar-refractivity contribution in [2.45, 2.75) is 17.9 Å². The lowest BCUT2D eigenvalue weighted by molar-refractivity contribution is -0.384. The first kappa shape index (κ1) is 16.9. The first-order valence-electron chi connectivity index (χ1n) is 6.78. The third-order valence-corrected chi connectivity index (χ3v) is 4.24. The van der Waals surface area contributed by atoms with Crippen molar-refractivity contribution in [3.8, 4) is 5.75 Å². The summed E-state index contributed by atoms with van der Waals surface area (Å²) in [5.41, 5.74) is 0.161. The van der Waals surface area contributed by atoms with Crippen molar-refractivity contribution < 1.29 is 18.9 Å². The number of rotatable bonds is 7. The molecule has 2 rings (SSSR count). The number of nitro groups is 1. The molecule has 2 aromatic rings. The molecule has 0 fully saturated rings. The Labute approximate surface area is 137 Å². The van der Waals surface area contributed by atoms with Crippen LogP contribution in [0.3, 0.4) is 0 Å². The van der Waals surface area contributed by atoms with Gasteiger partial charge in [-0.1, -0.05) is 0 Å². The maximum Gasteiger partial charge on any atom is 0.271 e. The highest BCUT2D eigenvalue weighted by Gasteiger charge is 2.18. The van der Waals surface area contributed by atoms with E-state index in [1.54, 1.807) is 19.3 Å². The van der Waals surface area contributed by atoms with Crippen LogP contribution in [0.5, 0.6) is 5.75 Å². The zero-order valence-corrected chi connectivity index (χ0v) is 13.5. The standard InChI is InChI=1S/C15H16N2O5S/c1-10(23-9-12-4-3-7-22-12)15(18)16-13-8-11(17(19)20)5-6-14(13)21-2/h3-8,10H,9H2,1-2H3,(H,16,18)/t10-/m0/s1. The summed E-state index contributed by atoms with van der Waals surface area (Å²) in [4.78, 5) is 22.6. The zero-order chi connectivity index (χ0) is 16.8. The minimum atomic E-state index is -0.524. The van der Waals surface area contributed by atoms with Crippen molar-refractivity contribution in [1.82, 2.24) is 0 Å². The molecule has 0 unspecified atom stereocenters. The lowest BCUT2D eigenvalue weighted by Crippen LogP contribution is -2.23. The molecule has 0 aliphatic carbocycles. The lowest BCUT2D eigenvalue weighted by Gasteiger charge is -2.13. The number of nitrogens with zero attached hydrogens (tertiary/aromatic N) is 1. The fourth-order valence-electron chi connectivity index (χ4n) is 1.82. The van der Waals surface area contributed by atoms with E-state index in [0.29, 0.717) is 11.5 Å². The molecule has 7 nitrogen and oxygen atoms in total. The number of carbonyl (C=O) groups excluding carboxylic acids is 1. The highest BCUT2D eigenvalue weighted by Crippen LogP contribution is 2.29. The van der Waals surface area contributed by atoms with E-state index >= 15 is 0 Å². The summed E-state index contributed by atoms with van der Waals surface area (Å²) in [6.45, 7) is 1.76.